The van der Waals surface area contributed by atoms with Gasteiger partial charge in [0.1, 0.15) is 5.69 Å². The molecule has 4 N–H and O–H groups in total. The number of benzene rings is 1. The highest BCUT2D eigenvalue weighted by Crippen LogP contribution is 2.08. The highest BCUT2D eigenvalue weighted by Gasteiger charge is 2.02. The summed E-state index contributed by atoms with van der Waals surface area (Å²) in [6.45, 7) is 0.651. The lowest BCUT2D eigenvalue weighted by atomic mass is 10.2. The zero-order chi connectivity index (χ0) is 12.8. The molecule has 5 heteroatoms. The van der Waals surface area contributed by atoms with Gasteiger partial charge >= 0.3 is 0 Å². The molecule has 92 valence electrons. The number of hydrogen-bond acceptors (Lipinski definition) is 4. The average molecular weight is 242 g/mol. The minimum absolute atomic E-state index is 0.0107. The second kappa shape index (κ2) is 5.67. The van der Waals surface area contributed by atoms with Gasteiger partial charge in [0.2, 0.25) is 0 Å². The topological polar surface area (TPSA) is 83.5 Å². The number of amidine groups is 1. The van der Waals surface area contributed by atoms with Crippen molar-refractivity contribution in [2.45, 2.75) is 6.54 Å². The van der Waals surface area contributed by atoms with E-state index in [2.05, 4.69) is 15.5 Å². The van der Waals surface area contributed by atoms with Gasteiger partial charge in [-0.25, -0.2) is 0 Å². The molecule has 0 saturated heterocycles. The number of hydrogen-bond donors (Lipinski definition) is 3. The van der Waals surface area contributed by atoms with Crippen molar-refractivity contribution in [1.29, 1.82) is 0 Å². The van der Waals surface area contributed by atoms with Gasteiger partial charge in [-0.1, -0.05) is 23.4 Å². The van der Waals surface area contributed by atoms with E-state index in [0.717, 1.165) is 11.3 Å². The van der Waals surface area contributed by atoms with Crippen molar-refractivity contribution < 1.29 is 5.21 Å². The average Bonchev–Trinajstić information content (AvgIpc) is 2.45. The number of pyridine rings is 1. The third kappa shape index (κ3) is 2.98. The van der Waals surface area contributed by atoms with Crippen LogP contribution in [0.15, 0.2) is 53.8 Å². The molecule has 0 atom stereocenters. The molecule has 0 spiro atoms. The fraction of sp³-hybridized carbons (Fsp3) is 0.0769. The summed E-state index contributed by atoms with van der Waals surface area (Å²) < 4.78 is 0. The van der Waals surface area contributed by atoms with E-state index in [4.69, 9.17) is 10.9 Å². The second-order valence-electron chi connectivity index (χ2n) is 3.75. The maximum absolute atomic E-state index is 8.59. The van der Waals surface area contributed by atoms with Crippen LogP contribution >= 0.6 is 0 Å². The number of para-hydroxylation sites is 1. The molecule has 1 heterocycles. The Morgan fingerprint density at radius 2 is 2.06 bits per heavy atom. The highest BCUT2D eigenvalue weighted by atomic mass is 16.4. The number of anilines is 1. The summed E-state index contributed by atoms with van der Waals surface area (Å²) >= 11 is 0. The van der Waals surface area contributed by atoms with Crippen molar-refractivity contribution in [3.05, 3.63) is 59.9 Å². The molecule has 0 radical (unpaired) electrons. The fourth-order valence-electron chi connectivity index (χ4n) is 1.54. The van der Waals surface area contributed by atoms with Crippen molar-refractivity contribution in [3.8, 4) is 0 Å². The summed E-state index contributed by atoms with van der Waals surface area (Å²) in [4.78, 5) is 4.02. The summed E-state index contributed by atoms with van der Waals surface area (Å²) in [5, 5.41) is 14.8. The van der Waals surface area contributed by atoms with E-state index in [9.17, 15) is 0 Å². The Morgan fingerprint density at radius 1 is 1.28 bits per heavy atom. The molecule has 1 aromatic carbocycles. The Morgan fingerprint density at radius 3 is 2.78 bits per heavy atom. The molecule has 0 aliphatic heterocycles. The van der Waals surface area contributed by atoms with Gasteiger partial charge in [0.15, 0.2) is 5.84 Å². The van der Waals surface area contributed by atoms with Crippen LogP contribution in [0.4, 0.5) is 5.69 Å². The minimum atomic E-state index is 0.0107. The SMILES string of the molecule is N/C(=N\O)c1cc(CNc2ccccc2)ccn1. The lowest BCUT2D eigenvalue weighted by Gasteiger charge is -2.07. The predicted molar refractivity (Wildman–Crippen MR) is 70.5 cm³/mol. The third-order valence-electron chi connectivity index (χ3n) is 2.46. The number of oxime groups is 1. The first-order valence-electron chi connectivity index (χ1n) is 5.51. The van der Waals surface area contributed by atoms with Crippen LogP contribution in [-0.2, 0) is 6.54 Å². The van der Waals surface area contributed by atoms with Crippen LogP contribution in [0.1, 0.15) is 11.3 Å². The van der Waals surface area contributed by atoms with Gasteiger partial charge in [-0.2, -0.15) is 0 Å². The van der Waals surface area contributed by atoms with Gasteiger partial charge in [-0.05, 0) is 29.8 Å². The number of nitrogens with two attached hydrogens (primary N) is 1. The molecule has 0 unspecified atom stereocenters. The van der Waals surface area contributed by atoms with Crippen LogP contribution in [0.5, 0.6) is 0 Å². The van der Waals surface area contributed by atoms with E-state index < -0.39 is 0 Å². The lowest BCUT2D eigenvalue weighted by Crippen LogP contribution is -2.15. The molecule has 0 amide bonds. The highest BCUT2D eigenvalue weighted by molar-refractivity contribution is 5.95. The normalized spacial score (nSPS) is 11.2. The Bertz CT molecular complexity index is 540. The molecule has 0 aliphatic rings. The molecule has 18 heavy (non-hydrogen) atoms. The third-order valence-corrected chi connectivity index (χ3v) is 2.46. The van der Waals surface area contributed by atoms with Crippen LogP contribution < -0.4 is 11.1 Å². The summed E-state index contributed by atoms with van der Waals surface area (Å²) in [6.07, 6.45) is 1.63. The summed E-state index contributed by atoms with van der Waals surface area (Å²) in [6, 6.07) is 13.5. The Labute approximate surface area is 105 Å². The van der Waals surface area contributed by atoms with E-state index in [0.29, 0.717) is 12.2 Å². The summed E-state index contributed by atoms with van der Waals surface area (Å²) in [5.41, 5.74) is 8.00. The molecule has 0 bridgehead atoms. The van der Waals surface area contributed by atoms with Crippen molar-refractivity contribution in [3.63, 3.8) is 0 Å². The van der Waals surface area contributed by atoms with Gasteiger partial charge in [0, 0.05) is 18.4 Å². The number of aromatic nitrogens is 1. The number of nitrogens with one attached hydrogen (secondary N) is 1. The molecule has 1 aromatic heterocycles. The van der Waals surface area contributed by atoms with E-state index in [1.165, 1.54) is 0 Å². The predicted octanol–water partition coefficient (Wildman–Crippen LogP) is 1.79. The quantitative estimate of drug-likeness (QED) is 0.330. The number of rotatable bonds is 4. The monoisotopic (exact) mass is 242 g/mol. The van der Waals surface area contributed by atoms with Crippen LogP contribution in [0.2, 0.25) is 0 Å². The maximum Gasteiger partial charge on any atom is 0.188 e. The molecular weight excluding hydrogens is 228 g/mol. The van der Waals surface area contributed by atoms with Gasteiger partial charge in [0.25, 0.3) is 0 Å². The van der Waals surface area contributed by atoms with Crippen molar-refractivity contribution in [2.75, 3.05) is 5.32 Å². The zero-order valence-corrected chi connectivity index (χ0v) is 9.74. The largest absolute Gasteiger partial charge is 0.409 e. The first-order valence-corrected chi connectivity index (χ1v) is 5.51. The zero-order valence-electron chi connectivity index (χ0n) is 9.74. The van der Waals surface area contributed by atoms with E-state index >= 15 is 0 Å². The smallest absolute Gasteiger partial charge is 0.188 e. The molecule has 2 aromatic rings. The molecular formula is C13H14N4O. The van der Waals surface area contributed by atoms with E-state index in [1.54, 1.807) is 12.3 Å². The van der Waals surface area contributed by atoms with Crippen LogP contribution in [0, 0.1) is 0 Å². The van der Waals surface area contributed by atoms with Crippen molar-refractivity contribution in [1.82, 2.24) is 4.98 Å². The maximum atomic E-state index is 8.59. The standard InChI is InChI=1S/C13H14N4O/c14-13(17-18)12-8-10(6-7-15-12)9-16-11-4-2-1-3-5-11/h1-8,16,18H,9H2,(H2,14,17). The van der Waals surface area contributed by atoms with Crippen molar-refractivity contribution in [2.24, 2.45) is 10.9 Å². The first-order chi connectivity index (χ1) is 8.79. The molecule has 5 nitrogen and oxygen atoms in total. The lowest BCUT2D eigenvalue weighted by molar-refractivity contribution is 0.318. The molecule has 0 fully saturated rings. The minimum Gasteiger partial charge on any atom is -0.409 e. The van der Waals surface area contributed by atoms with Gasteiger partial charge < -0.3 is 16.3 Å². The Kier molecular flexibility index (Phi) is 3.76. The molecule has 0 aliphatic carbocycles. The molecule has 2 rings (SSSR count). The van der Waals surface area contributed by atoms with Gasteiger partial charge in [-0.3, -0.25) is 4.98 Å². The first kappa shape index (κ1) is 11.9. The van der Waals surface area contributed by atoms with Crippen LogP contribution in [0.3, 0.4) is 0 Å². The summed E-state index contributed by atoms with van der Waals surface area (Å²) in [7, 11) is 0. The second-order valence-corrected chi connectivity index (χ2v) is 3.75. The Hall–Kier alpha value is -2.56. The summed E-state index contributed by atoms with van der Waals surface area (Å²) in [5.74, 6) is 0.0107. The van der Waals surface area contributed by atoms with E-state index in [1.807, 2.05) is 36.4 Å². The van der Waals surface area contributed by atoms with Gasteiger partial charge in [0.05, 0.1) is 0 Å². The van der Waals surface area contributed by atoms with Crippen LogP contribution in [-0.4, -0.2) is 16.0 Å². The molecule has 0 saturated carbocycles. The van der Waals surface area contributed by atoms with Crippen LogP contribution in [0.25, 0.3) is 0 Å². The van der Waals surface area contributed by atoms with Crippen molar-refractivity contribution >= 4 is 11.5 Å². The number of nitrogens with zero attached hydrogens (tertiary/aromatic N) is 2. The fourth-order valence-corrected chi connectivity index (χ4v) is 1.54. The Balaban J connectivity index is 2.06. The van der Waals surface area contributed by atoms with E-state index in [-0.39, 0.29) is 5.84 Å². The van der Waals surface area contributed by atoms with Gasteiger partial charge in [-0.15, -0.1) is 0 Å².